The molecule has 1 fully saturated rings. The molecule has 0 aromatic carbocycles. The summed E-state index contributed by atoms with van der Waals surface area (Å²) in [5, 5.41) is 1.26. The van der Waals surface area contributed by atoms with E-state index in [-0.39, 0.29) is 11.8 Å². The molecule has 1 amide bonds. The van der Waals surface area contributed by atoms with Crippen molar-refractivity contribution >= 4 is 33.3 Å². The third kappa shape index (κ3) is 2.59. The first-order valence-corrected chi connectivity index (χ1v) is 9.24. The molecule has 6 heteroatoms. The molecule has 1 aliphatic carbocycles. The highest BCUT2D eigenvalue weighted by atomic mass is 32.1. The standard InChI is InChI=1S/C17H22N4OS/c1-10-2-3-12-13(8-10)23-17-14(12)16(19-9-20-17)21-6-4-11(5-7-21)15(18)22/h9-11H,2-8H2,1H3,(H2,18,22)/t10-/m0/s1. The Hall–Kier alpha value is -1.69. The molecule has 4 rings (SSSR count). The van der Waals surface area contributed by atoms with Gasteiger partial charge in [0.2, 0.25) is 5.91 Å². The fourth-order valence-corrected chi connectivity index (χ4v) is 5.22. The number of nitrogens with zero attached hydrogens (tertiary/aromatic N) is 3. The van der Waals surface area contributed by atoms with Gasteiger partial charge in [-0.1, -0.05) is 6.92 Å². The molecule has 0 unspecified atom stereocenters. The number of amides is 1. The summed E-state index contributed by atoms with van der Waals surface area (Å²) in [6.07, 6.45) is 6.88. The quantitative estimate of drug-likeness (QED) is 0.918. The van der Waals surface area contributed by atoms with E-state index >= 15 is 0 Å². The van der Waals surface area contributed by atoms with Gasteiger partial charge in [0.25, 0.3) is 0 Å². The van der Waals surface area contributed by atoms with Crippen molar-refractivity contribution in [2.45, 2.75) is 39.0 Å². The van der Waals surface area contributed by atoms with Crippen molar-refractivity contribution in [3.8, 4) is 0 Å². The summed E-state index contributed by atoms with van der Waals surface area (Å²) >= 11 is 1.84. The van der Waals surface area contributed by atoms with Gasteiger partial charge in [-0.2, -0.15) is 0 Å². The van der Waals surface area contributed by atoms with Crippen LogP contribution in [0.15, 0.2) is 6.33 Å². The number of aromatic nitrogens is 2. The molecule has 0 spiro atoms. The van der Waals surface area contributed by atoms with E-state index in [4.69, 9.17) is 5.73 Å². The number of thiophene rings is 1. The maximum absolute atomic E-state index is 11.4. The monoisotopic (exact) mass is 330 g/mol. The Morgan fingerprint density at radius 3 is 2.83 bits per heavy atom. The molecule has 5 nitrogen and oxygen atoms in total. The third-order valence-corrected chi connectivity index (χ3v) is 6.43. The number of fused-ring (bicyclic) bond motifs is 3. The van der Waals surface area contributed by atoms with Crippen LogP contribution in [0, 0.1) is 11.8 Å². The predicted octanol–water partition coefficient (Wildman–Crippen LogP) is 2.52. The van der Waals surface area contributed by atoms with Crippen LogP contribution < -0.4 is 10.6 Å². The second kappa shape index (κ2) is 5.74. The van der Waals surface area contributed by atoms with Gasteiger partial charge in [0, 0.05) is 23.9 Å². The summed E-state index contributed by atoms with van der Waals surface area (Å²) < 4.78 is 0. The largest absolute Gasteiger partial charge is 0.369 e. The van der Waals surface area contributed by atoms with Crippen molar-refractivity contribution in [2.75, 3.05) is 18.0 Å². The molecule has 0 saturated carbocycles. The topological polar surface area (TPSA) is 72.1 Å². The van der Waals surface area contributed by atoms with Gasteiger partial charge in [0.15, 0.2) is 0 Å². The van der Waals surface area contributed by atoms with Crippen LogP contribution in [0.25, 0.3) is 10.2 Å². The van der Waals surface area contributed by atoms with Crippen molar-refractivity contribution in [3.05, 3.63) is 16.8 Å². The van der Waals surface area contributed by atoms with Crippen molar-refractivity contribution in [3.63, 3.8) is 0 Å². The van der Waals surface area contributed by atoms with Crippen LogP contribution in [0.3, 0.4) is 0 Å². The van der Waals surface area contributed by atoms with E-state index in [1.807, 2.05) is 11.3 Å². The Kier molecular flexibility index (Phi) is 3.71. The summed E-state index contributed by atoms with van der Waals surface area (Å²) in [6, 6.07) is 0. The van der Waals surface area contributed by atoms with E-state index in [2.05, 4.69) is 21.8 Å². The van der Waals surface area contributed by atoms with Crippen LogP contribution in [-0.4, -0.2) is 29.0 Å². The van der Waals surface area contributed by atoms with Gasteiger partial charge in [0.05, 0.1) is 5.39 Å². The predicted molar refractivity (Wildman–Crippen MR) is 92.7 cm³/mol. The molecule has 2 N–H and O–H groups in total. The SMILES string of the molecule is C[C@H]1CCc2c(sc3ncnc(N4CCC(C(N)=O)CC4)c23)C1. The Balaban J connectivity index is 1.69. The zero-order chi connectivity index (χ0) is 16.0. The van der Waals surface area contributed by atoms with Crippen LogP contribution in [-0.2, 0) is 17.6 Å². The normalized spacial score (nSPS) is 22.3. The fourth-order valence-electron chi connectivity index (χ4n) is 3.87. The maximum atomic E-state index is 11.4. The van der Waals surface area contributed by atoms with Gasteiger partial charge in [0.1, 0.15) is 17.0 Å². The highest BCUT2D eigenvalue weighted by Crippen LogP contribution is 2.41. The molecule has 1 aliphatic heterocycles. The smallest absolute Gasteiger partial charge is 0.220 e. The van der Waals surface area contributed by atoms with Gasteiger partial charge in [-0.15, -0.1) is 11.3 Å². The van der Waals surface area contributed by atoms with Gasteiger partial charge in [-0.05, 0) is 43.6 Å². The Bertz CT molecular complexity index is 748. The number of aryl methyl sites for hydroxylation is 1. The lowest BCUT2D eigenvalue weighted by Crippen LogP contribution is -2.39. The minimum absolute atomic E-state index is 0.0146. The van der Waals surface area contributed by atoms with Gasteiger partial charge in [-0.25, -0.2) is 9.97 Å². The minimum atomic E-state index is -0.167. The van der Waals surface area contributed by atoms with Crippen LogP contribution in [0.4, 0.5) is 5.82 Å². The van der Waals surface area contributed by atoms with Crippen LogP contribution in [0.2, 0.25) is 0 Å². The molecule has 2 aliphatic rings. The molecular weight excluding hydrogens is 308 g/mol. The van der Waals surface area contributed by atoms with E-state index in [0.29, 0.717) is 0 Å². The number of nitrogens with two attached hydrogens (primary N) is 1. The molecule has 0 radical (unpaired) electrons. The van der Waals surface area contributed by atoms with E-state index in [1.165, 1.54) is 28.7 Å². The number of hydrogen-bond acceptors (Lipinski definition) is 5. The Morgan fingerprint density at radius 2 is 2.09 bits per heavy atom. The number of anilines is 1. The van der Waals surface area contributed by atoms with Crippen LogP contribution >= 0.6 is 11.3 Å². The Morgan fingerprint density at radius 1 is 1.30 bits per heavy atom. The first-order valence-electron chi connectivity index (χ1n) is 8.43. The third-order valence-electron chi connectivity index (χ3n) is 5.27. The van der Waals surface area contributed by atoms with Gasteiger partial charge in [-0.3, -0.25) is 4.79 Å². The molecule has 2 aromatic rings. The van der Waals surface area contributed by atoms with Crippen LogP contribution in [0.5, 0.6) is 0 Å². The summed E-state index contributed by atoms with van der Waals surface area (Å²) in [5.74, 6) is 1.67. The van der Waals surface area contributed by atoms with E-state index in [1.54, 1.807) is 6.33 Å². The average molecular weight is 330 g/mol. The second-order valence-electron chi connectivity index (χ2n) is 6.89. The molecule has 122 valence electrons. The minimum Gasteiger partial charge on any atom is -0.369 e. The number of rotatable bonds is 2. The zero-order valence-electron chi connectivity index (χ0n) is 13.4. The van der Waals surface area contributed by atoms with Crippen molar-refractivity contribution in [1.82, 2.24) is 9.97 Å². The lowest BCUT2D eigenvalue weighted by atomic mass is 9.89. The lowest BCUT2D eigenvalue weighted by molar-refractivity contribution is -0.122. The van der Waals surface area contributed by atoms with Crippen molar-refractivity contribution < 1.29 is 4.79 Å². The molecule has 3 heterocycles. The second-order valence-corrected chi connectivity index (χ2v) is 7.98. The van der Waals surface area contributed by atoms with Gasteiger partial charge < -0.3 is 10.6 Å². The molecule has 2 aromatic heterocycles. The first kappa shape index (κ1) is 14.9. The lowest BCUT2D eigenvalue weighted by Gasteiger charge is -2.32. The molecule has 23 heavy (non-hydrogen) atoms. The van der Waals surface area contributed by atoms with Crippen molar-refractivity contribution in [1.29, 1.82) is 0 Å². The highest BCUT2D eigenvalue weighted by molar-refractivity contribution is 7.19. The first-order chi connectivity index (χ1) is 11.1. The fraction of sp³-hybridized carbons (Fsp3) is 0.588. The van der Waals surface area contributed by atoms with E-state index < -0.39 is 0 Å². The molecule has 0 bridgehead atoms. The maximum Gasteiger partial charge on any atom is 0.220 e. The summed E-state index contributed by atoms with van der Waals surface area (Å²) in [4.78, 5) is 25.4. The van der Waals surface area contributed by atoms with E-state index in [9.17, 15) is 4.79 Å². The number of carbonyl (C=O) groups is 1. The number of carbonyl (C=O) groups excluding carboxylic acids is 1. The van der Waals surface area contributed by atoms with Gasteiger partial charge >= 0.3 is 0 Å². The summed E-state index contributed by atoms with van der Waals surface area (Å²) in [5.41, 5.74) is 6.92. The summed E-state index contributed by atoms with van der Waals surface area (Å²) in [7, 11) is 0. The molecule has 1 atom stereocenters. The van der Waals surface area contributed by atoms with Crippen LogP contribution in [0.1, 0.15) is 36.6 Å². The molecule has 1 saturated heterocycles. The highest BCUT2D eigenvalue weighted by Gasteiger charge is 2.28. The summed E-state index contributed by atoms with van der Waals surface area (Å²) in [6.45, 7) is 4.02. The Labute approximate surface area is 139 Å². The molecular formula is C17H22N4OS. The number of primary amides is 1. The van der Waals surface area contributed by atoms with Crippen molar-refractivity contribution in [2.24, 2.45) is 17.6 Å². The number of piperidine rings is 1. The number of hydrogen-bond donors (Lipinski definition) is 1. The average Bonchev–Trinajstić information content (AvgIpc) is 2.92. The van der Waals surface area contributed by atoms with E-state index in [0.717, 1.165) is 48.9 Å². The zero-order valence-corrected chi connectivity index (χ0v) is 14.2.